The predicted octanol–water partition coefficient (Wildman–Crippen LogP) is 2.74. The van der Waals surface area contributed by atoms with E-state index < -0.39 is 22.4 Å². The van der Waals surface area contributed by atoms with Gasteiger partial charge in [0.2, 0.25) is 0 Å². The number of fused-ring (bicyclic) bond motifs is 1. The van der Waals surface area contributed by atoms with Crippen LogP contribution in [0.5, 0.6) is 17.2 Å². The van der Waals surface area contributed by atoms with Crippen molar-refractivity contribution in [1.29, 1.82) is 0 Å². The minimum Gasteiger partial charge on any atom is -0.487 e. The molecule has 2 aromatic carbocycles. The first-order valence-electron chi connectivity index (χ1n) is 7.69. The quantitative estimate of drug-likeness (QED) is 0.337. The molecule has 26 heavy (non-hydrogen) atoms. The first kappa shape index (κ1) is 17.5. The van der Waals surface area contributed by atoms with E-state index in [9.17, 15) is 19.3 Å². The van der Waals surface area contributed by atoms with Gasteiger partial charge in [-0.3, -0.25) is 10.1 Å². The van der Waals surface area contributed by atoms with Crippen LogP contribution in [-0.2, 0) is 4.74 Å². The molecule has 0 unspecified atom stereocenters. The van der Waals surface area contributed by atoms with E-state index in [1.54, 1.807) is 6.07 Å². The van der Waals surface area contributed by atoms with Crippen molar-refractivity contribution >= 4 is 11.7 Å². The number of nitrogens with zero attached hydrogens (tertiary/aromatic N) is 1. The van der Waals surface area contributed by atoms with Crippen LogP contribution in [0.1, 0.15) is 10.4 Å². The van der Waals surface area contributed by atoms with Gasteiger partial charge in [0.05, 0.1) is 11.0 Å². The highest BCUT2D eigenvalue weighted by Crippen LogP contribution is 2.36. The molecular weight excluding hydrogens is 349 g/mol. The second-order valence-electron chi connectivity index (χ2n) is 5.18. The lowest BCUT2D eigenvalue weighted by molar-refractivity contribution is -0.385. The molecule has 0 saturated heterocycles. The Balaban J connectivity index is 1.65. The first-order valence-corrected chi connectivity index (χ1v) is 7.69. The number of para-hydroxylation sites is 1. The summed E-state index contributed by atoms with van der Waals surface area (Å²) in [7, 11) is 0. The summed E-state index contributed by atoms with van der Waals surface area (Å²) >= 11 is 0. The Morgan fingerprint density at radius 3 is 2.54 bits per heavy atom. The van der Waals surface area contributed by atoms with E-state index >= 15 is 0 Å². The fourth-order valence-corrected chi connectivity index (χ4v) is 2.32. The third-order valence-corrected chi connectivity index (χ3v) is 3.49. The molecule has 0 amide bonds. The van der Waals surface area contributed by atoms with Crippen LogP contribution >= 0.6 is 0 Å². The molecule has 0 aromatic heterocycles. The molecule has 136 valence electrons. The second kappa shape index (κ2) is 7.68. The molecule has 0 fully saturated rings. The fourth-order valence-electron chi connectivity index (χ4n) is 2.32. The van der Waals surface area contributed by atoms with Crippen LogP contribution < -0.4 is 14.2 Å². The summed E-state index contributed by atoms with van der Waals surface area (Å²) in [5.41, 5.74) is -0.709. The molecule has 1 heterocycles. The number of ether oxygens (including phenoxy) is 4. The van der Waals surface area contributed by atoms with Crippen LogP contribution in [0.4, 0.5) is 10.1 Å². The lowest BCUT2D eigenvalue weighted by atomic mass is 10.1. The molecule has 8 nitrogen and oxygen atoms in total. The average molecular weight is 363 g/mol. The van der Waals surface area contributed by atoms with Gasteiger partial charge in [-0.15, -0.1) is 0 Å². The predicted molar refractivity (Wildman–Crippen MR) is 86.3 cm³/mol. The largest absolute Gasteiger partial charge is 0.487 e. The summed E-state index contributed by atoms with van der Waals surface area (Å²) in [6.07, 6.45) is 0. The van der Waals surface area contributed by atoms with Crippen molar-refractivity contribution in [1.82, 2.24) is 0 Å². The number of halogens is 1. The van der Waals surface area contributed by atoms with Gasteiger partial charge in [-0.1, -0.05) is 12.1 Å². The van der Waals surface area contributed by atoms with E-state index in [2.05, 4.69) is 0 Å². The van der Waals surface area contributed by atoms with Gasteiger partial charge in [-0.05, 0) is 12.1 Å². The van der Waals surface area contributed by atoms with E-state index in [0.29, 0.717) is 0 Å². The van der Waals surface area contributed by atoms with E-state index in [-0.39, 0.29) is 49.2 Å². The molecule has 3 rings (SSSR count). The summed E-state index contributed by atoms with van der Waals surface area (Å²) in [6.45, 7) is 0.223. The normalized spacial score (nSPS) is 12.3. The highest BCUT2D eigenvalue weighted by Gasteiger charge is 2.27. The van der Waals surface area contributed by atoms with Crippen molar-refractivity contribution in [3.05, 3.63) is 57.9 Å². The van der Waals surface area contributed by atoms with Gasteiger partial charge in [-0.25, -0.2) is 9.18 Å². The highest BCUT2D eigenvalue weighted by atomic mass is 19.1. The number of nitro groups is 1. The molecule has 9 heteroatoms. The fraction of sp³-hybridized carbons (Fsp3) is 0.235. The number of hydrogen-bond donors (Lipinski definition) is 0. The van der Waals surface area contributed by atoms with Gasteiger partial charge in [-0.2, -0.15) is 0 Å². The van der Waals surface area contributed by atoms with Crippen molar-refractivity contribution in [3.8, 4) is 17.2 Å². The molecule has 0 radical (unpaired) electrons. The Bertz CT molecular complexity index is 840. The zero-order valence-electron chi connectivity index (χ0n) is 13.5. The van der Waals surface area contributed by atoms with Crippen molar-refractivity contribution in [2.45, 2.75) is 0 Å². The first-order chi connectivity index (χ1) is 12.6. The second-order valence-corrected chi connectivity index (χ2v) is 5.18. The Labute approximate surface area is 147 Å². The van der Waals surface area contributed by atoms with Crippen molar-refractivity contribution < 1.29 is 33.1 Å². The molecule has 2 aromatic rings. The molecule has 0 spiro atoms. The number of esters is 1. The van der Waals surface area contributed by atoms with Gasteiger partial charge in [0, 0.05) is 6.07 Å². The Morgan fingerprint density at radius 1 is 1.15 bits per heavy atom. The lowest BCUT2D eigenvalue weighted by Crippen LogP contribution is -2.18. The van der Waals surface area contributed by atoms with Gasteiger partial charge in [0.1, 0.15) is 32.0 Å². The maximum absolute atomic E-state index is 13.4. The van der Waals surface area contributed by atoms with Gasteiger partial charge < -0.3 is 18.9 Å². The van der Waals surface area contributed by atoms with Gasteiger partial charge >= 0.3 is 5.97 Å². The summed E-state index contributed by atoms with van der Waals surface area (Å²) in [4.78, 5) is 22.7. The number of hydrogen-bond acceptors (Lipinski definition) is 7. The van der Waals surface area contributed by atoms with Crippen molar-refractivity contribution in [2.24, 2.45) is 0 Å². The maximum Gasteiger partial charge on any atom is 0.345 e. The summed E-state index contributed by atoms with van der Waals surface area (Å²) in [6, 6.07) is 8.13. The third-order valence-electron chi connectivity index (χ3n) is 3.49. The molecule has 1 aliphatic heterocycles. The lowest BCUT2D eigenvalue weighted by Gasteiger charge is -2.18. The molecule has 0 atom stereocenters. The summed E-state index contributed by atoms with van der Waals surface area (Å²) in [5, 5.41) is 11.2. The molecule has 0 bridgehead atoms. The van der Waals surface area contributed by atoms with E-state index in [1.165, 1.54) is 24.3 Å². The SMILES string of the molecule is O=C(OCCOc1ccccc1F)c1cc2c(cc1[N+](=O)[O-])OCCO2. The van der Waals surface area contributed by atoms with Crippen molar-refractivity contribution in [3.63, 3.8) is 0 Å². The van der Waals surface area contributed by atoms with Crippen LogP contribution in [0.15, 0.2) is 36.4 Å². The monoisotopic (exact) mass is 363 g/mol. The van der Waals surface area contributed by atoms with Crippen LogP contribution in [0.2, 0.25) is 0 Å². The molecule has 0 N–H and O–H groups in total. The van der Waals surface area contributed by atoms with E-state index in [1.807, 2.05) is 0 Å². The van der Waals surface area contributed by atoms with Crippen LogP contribution in [0, 0.1) is 15.9 Å². The zero-order chi connectivity index (χ0) is 18.5. The van der Waals surface area contributed by atoms with Crippen LogP contribution in [0.25, 0.3) is 0 Å². The van der Waals surface area contributed by atoms with Crippen LogP contribution in [-0.4, -0.2) is 37.3 Å². The smallest absolute Gasteiger partial charge is 0.345 e. The van der Waals surface area contributed by atoms with Gasteiger partial charge in [0.25, 0.3) is 5.69 Å². The molecule has 1 aliphatic rings. The minimum absolute atomic E-state index is 0.0221. The Kier molecular flexibility index (Phi) is 5.16. The number of rotatable bonds is 6. The highest BCUT2D eigenvalue weighted by molar-refractivity contribution is 5.95. The van der Waals surface area contributed by atoms with Gasteiger partial charge in [0.15, 0.2) is 23.1 Å². The molecule has 0 aliphatic carbocycles. The number of benzene rings is 2. The average Bonchev–Trinajstić information content (AvgIpc) is 2.65. The van der Waals surface area contributed by atoms with E-state index in [0.717, 1.165) is 6.07 Å². The Morgan fingerprint density at radius 2 is 1.85 bits per heavy atom. The molecule has 0 saturated carbocycles. The standard InChI is InChI=1S/C17H14FNO7/c18-12-3-1-2-4-14(12)23-7-8-26-17(20)11-9-15-16(25-6-5-24-15)10-13(11)19(21)22/h1-4,9-10H,5-8H2. The zero-order valence-corrected chi connectivity index (χ0v) is 13.5. The third kappa shape index (κ3) is 3.82. The van der Waals surface area contributed by atoms with E-state index in [4.69, 9.17) is 18.9 Å². The Hall–Kier alpha value is -3.36. The minimum atomic E-state index is -0.911. The summed E-state index contributed by atoms with van der Waals surface area (Å²) < 4.78 is 34.1. The number of carbonyl (C=O) groups excluding carboxylic acids is 1. The maximum atomic E-state index is 13.4. The number of nitro benzene ring substituents is 1. The topological polar surface area (TPSA) is 97.1 Å². The number of carbonyl (C=O) groups is 1. The summed E-state index contributed by atoms with van der Waals surface area (Å²) in [5.74, 6) is -1.00. The van der Waals surface area contributed by atoms with Crippen molar-refractivity contribution in [2.75, 3.05) is 26.4 Å². The molecular formula is C17H14FNO7. The van der Waals surface area contributed by atoms with Crippen LogP contribution in [0.3, 0.4) is 0 Å².